The molecule has 0 saturated carbocycles. The van der Waals surface area contributed by atoms with Crippen molar-refractivity contribution in [2.75, 3.05) is 53.4 Å². The molecule has 1 saturated heterocycles. The summed E-state index contributed by atoms with van der Waals surface area (Å²) >= 11 is 0. The first-order valence-corrected chi connectivity index (χ1v) is 8.48. The fourth-order valence-corrected chi connectivity index (χ4v) is 2.57. The minimum absolute atomic E-state index is 0.00782. The molecule has 150 valence electrons. The van der Waals surface area contributed by atoms with E-state index in [1.165, 1.54) is 0 Å². The van der Waals surface area contributed by atoms with Crippen molar-refractivity contribution < 1.29 is 38.8 Å². The zero-order valence-electron chi connectivity index (χ0n) is 15.4. The molecule has 1 heterocycles. The lowest BCUT2D eigenvalue weighted by Crippen LogP contribution is -2.48. The van der Waals surface area contributed by atoms with Crippen molar-refractivity contribution in [3.63, 3.8) is 0 Å². The first-order valence-electron chi connectivity index (χ1n) is 8.48. The first kappa shape index (κ1) is 22.9. The topological polar surface area (TPSA) is 73.8 Å². The van der Waals surface area contributed by atoms with Gasteiger partial charge in [-0.25, -0.2) is 29.3 Å². The van der Waals surface area contributed by atoms with Crippen LogP contribution in [-0.4, -0.2) is 59.6 Å². The van der Waals surface area contributed by atoms with Gasteiger partial charge in [0.15, 0.2) is 6.29 Å². The molecule has 1 rings (SSSR count). The molecule has 0 spiro atoms. The second kappa shape index (κ2) is 15.0. The Labute approximate surface area is 155 Å². The van der Waals surface area contributed by atoms with E-state index in [2.05, 4.69) is 19.7 Å². The standard InChI is InChI=1S/C18H30O8/c1-5-8-21-24-12-15-11-20-18(19-4)17(14-26-23-10-7-3)16(15)13-25-22-9-6-2/h5-7,15-18H,1-3,8-14H2,4H3/t15-,16+,17?,18+/m1/s1. The molecule has 0 aromatic rings. The molecule has 0 aliphatic carbocycles. The van der Waals surface area contributed by atoms with Crippen molar-refractivity contribution in [3.8, 4) is 0 Å². The quantitative estimate of drug-likeness (QED) is 0.176. The van der Waals surface area contributed by atoms with E-state index in [0.29, 0.717) is 33.0 Å². The average molecular weight is 374 g/mol. The Kier molecular flexibility index (Phi) is 13.2. The molecule has 0 aromatic heterocycles. The smallest absolute Gasteiger partial charge is 0.162 e. The maximum Gasteiger partial charge on any atom is 0.162 e. The summed E-state index contributed by atoms with van der Waals surface area (Å²) in [6.45, 7) is 12.9. The lowest BCUT2D eigenvalue weighted by molar-refractivity contribution is -0.350. The average Bonchev–Trinajstić information content (AvgIpc) is 2.66. The molecule has 0 amide bonds. The van der Waals surface area contributed by atoms with Crippen LogP contribution in [-0.2, 0) is 38.8 Å². The lowest BCUT2D eigenvalue weighted by Gasteiger charge is -2.41. The number of ether oxygens (including phenoxy) is 2. The van der Waals surface area contributed by atoms with Gasteiger partial charge in [-0.1, -0.05) is 18.2 Å². The molecule has 1 aliphatic rings. The van der Waals surface area contributed by atoms with Gasteiger partial charge in [-0.3, -0.25) is 0 Å². The van der Waals surface area contributed by atoms with Crippen LogP contribution in [0.25, 0.3) is 0 Å². The van der Waals surface area contributed by atoms with Crippen LogP contribution >= 0.6 is 0 Å². The van der Waals surface area contributed by atoms with Gasteiger partial charge in [0.1, 0.15) is 19.8 Å². The maximum absolute atomic E-state index is 5.78. The lowest BCUT2D eigenvalue weighted by atomic mass is 9.80. The highest BCUT2D eigenvalue weighted by Gasteiger charge is 2.41. The third kappa shape index (κ3) is 8.52. The predicted molar refractivity (Wildman–Crippen MR) is 93.5 cm³/mol. The Morgan fingerprint density at radius 1 is 0.769 bits per heavy atom. The van der Waals surface area contributed by atoms with Crippen molar-refractivity contribution in [2.24, 2.45) is 17.8 Å². The van der Waals surface area contributed by atoms with Gasteiger partial charge in [-0.05, 0) is 0 Å². The zero-order chi connectivity index (χ0) is 19.0. The Bertz CT molecular complexity index is 389. The van der Waals surface area contributed by atoms with Gasteiger partial charge in [0.25, 0.3) is 0 Å². The van der Waals surface area contributed by atoms with E-state index < -0.39 is 6.29 Å². The third-order valence-electron chi connectivity index (χ3n) is 3.82. The van der Waals surface area contributed by atoms with E-state index >= 15 is 0 Å². The van der Waals surface area contributed by atoms with E-state index in [1.54, 1.807) is 25.3 Å². The number of hydrogen-bond donors (Lipinski definition) is 0. The van der Waals surface area contributed by atoms with Crippen LogP contribution in [0.4, 0.5) is 0 Å². The summed E-state index contributed by atoms with van der Waals surface area (Å²) < 4.78 is 11.2. The summed E-state index contributed by atoms with van der Waals surface area (Å²) in [5.74, 6) is -0.191. The molecular weight excluding hydrogens is 344 g/mol. The van der Waals surface area contributed by atoms with Crippen LogP contribution in [0.15, 0.2) is 38.0 Å². The third-order valence-corrected chi connectivity index (χ3v) is 3.82. The summed E-state index contributed by atoms with van der Waals surface area (Å²) in [5.41, 5.74) is 0. The van der Waals surface area contributed by atoms with Gasteiger partial charge in [0.05, 0.1) is 26.4 Å². The molecule has 26 heavy (non-hydrogen) atoms. The van der Waals surface area contributed by atoms with Crippen molar-refractivity contribution in [2.45, 2.75) is 6.29 Å². The summed E-state index contributed by atoms with van der Waals surface area (Å²) in [6.07, 6.45) is 4.36. The van der Waals surface area contributed by atoms with E-state index in [-0.39, 0.29) is 31.0 Å². The first-order chi connectivity index (χ1) is 12.8. The number of hydrogen-bond acceptors (Lipinski definition) is 8. The van der Waals surface area contributed by atoms with Crippen LogP contribution in [0, 0.1) is 17.8 Å². The van der Waals surface area contributed by atoms with E-state index in [1.807, 2.05) is 0 Å². The molecule has 0 aromatic carbocycles. The van der Waals surface area contributed by atoms with E-state index in [0.717, 1.165) is 0 Å². The monoisotopic (exact) mass is 374 g/mol. The molecule has 0 bridgehead atoms. The zero-order valence-corrected chi connectivity index (χ0v) is 15.4. The highest BCUT2D eigenvalue weighted by molar-refractivity contribution is 4.83. The fraction of sp³-hybridized carbons (Fsp3) is 0.667. The van der Waals surface area contributed by atoms with Crippen molar-refractivity contribution in [1.82, 2.24) is 0 Å². The molecule has 4 atom stereocenters. The van der Waals surface area contributed by atoms with Gasteiger partial charge in [-0.15, -0.1) is 19.7 Å². The normalized spacial score (nSPS) is 25.7. The fourth-order valence-electron chi connectivity index (χ4n) is 2.57. The van der Waals surface area contributed by atoms with Gasteiger partial charge >= 0.3 is 0 Å². The molecule has 1 aliphatic heterocycles. The second-order valence-electron chi connectivity index (χ2n) is 5.60. The summed E-state index contributed by atoms with van der Waals surface area (Å²) in [5, 5.41) is 0. The molecule has 0 radical (unpaired) electrons. The Hall–Kier alpha value is -1.10. The summed E-state index contributed by atoms with van der Waals surface area (Å²) in [4.78, 5) is 30.9. The largest absolute Gasteiger partial charge is 0.355 e. The van der Waals surface area contributed by atoms with Gasteiger partial charge in [0, 0.05) is 24.9 Å². The SMILES string of the molecule is C=CCOOCC1[C@@H](OC)OC[C@H](COOCC=C)[C@@H]1COOCC=C. The number of methoxy groups -OCH3 is 1. The summed E-state index contributed by atoms with van der Waals surface area (Å²) in [7, 11) is 1.58. The highest BCUT2D eigenvalue weighted by atomic mass is 17.2. The van der Waals surface area contributed by atoms with Crippen LogP contribution in [0.2, 0.25) is 0 Å². The Morgan fingerprint density at radius 2 is 1.27 bits per heavy atom. The molecule has 1 fully saturated rings. The van der Waals surface area contributed by atoms with Gasteiger partial charge in [0.2, 0.25) is 0 Å². The molecule has 1 unspecified atom stereocenters. The second-order valence-corrected chi connectivity index (χ2v) is 5.60. The molecular formula is C18H30O8. The Morgan fingerprint density at radius 3 is 1.77 bits per heavy atom. The van der Waals surface area contributed by atoms with Crippen LogP contribution in [0.1, 0.15) is 0 Å². The molecule has 0 N–H and O–H groups in total. The van der Waals surface area contributed by atoms with Crippen LogP contribution in [0.5, 0.6) is 0 Å². The predicted octanol–water partition coefficient (Wildman–Crippen LogP) is 2.24. The number of rotatable bonds is 16. The van der Waals surface area contributed by atoms with E-state index in [4.69, 9.17) is 38.8 Å². The van der Waals surface area contributed by atoms with Gasteiger partial charge < -0.3 is 9.47 Å². The van der Waals surface area contributed by atoms with E-state index in [9.17, 15) is 0 Å². The van der Waals surface area contributed by atoms with Crippen molar-refractivity contribution >= 4 is 0 Å². The van der Waals surface area contributed by atoms with Crippen molar-refractivity contribution in [1.29, 1.82) is 0 Å². The minimum atomic E-state index is -0.458. The minimum Gasteiger partial charge on any atom is -0.355 e. The summed E-state index contributed by atoms with van der Waals surface area (Å²) in [6, 6.07) is 0. The van der Waals surface area contributed by atoms with Crippen LogP contribution < -0.4 is 0 Å². The highest BCUT2D eigenvalue weighted by Crippen LogP contribution is 2.33. The molecule has 8 heteroatoms. The van der Waals surface area contributed by atoms with Crippen LogP contribution in [0.3, 0.4) is 0 Å². The Balaban J connectivity index is 2.67. The molecule has 8 nitrogen and oxygen atoms in total. The van der Waals surface area contributed by atoms with Gasteiger partial charge in [-0.2, -0.15) is 0 Å². The maximum atomic E-state index is 5.78. The van der Waals surface area contributed by atoms with Crippen molar-refractivity contribution in [3.05, 3.63) is 38.0 Å².